The smallest absolute Gasteiger partial charge is 0.315 e. The molecule has 0 radical (unpaired) electrons. The van der Waals surface area contributed by atoms with Crippen LogP contribution < -0.4 is 15.4 Å². The Labute approximate surface area is 194 Å². The molecule has 3 aromatic heterocycles. The number of imidazole rings is 2. The quantitative estimate of drug-likeness (QED) is 0.330. The number of carbonyl (C=O) groups excluding carboxylic acids is 1. The fourth-order valence-electron chi connectivity index (χ4n) is 3.78. The second-order valence-corrected chi connectivity index (χ2v) is 8.72. The van der Waals surface area contributed by atoms with E-state index in [0.717, 1.165) is 33.0 Å². The van der Waals surface area contributed by atoms with Crippen LogP contribution in [0.15, 0.2) is 66.3 Å². The molecule has 9 heteroatoms. The first-order valence-corrected chi connectivity index (χ1v) is 11.5. The summed E-state index contributed by atoms with van der Waals surface area (Å²) in [6, 6.07) is 14.8. The van der Waals surface area contributed by atoms with E-state index in [1.54, 1.807) is 18.4 Å². The van der Waals surface area contributed by atoms with E-state index in [4.69, 9.17) is 9.72 Å². The van der Waals surface area contributed by atoms with Crippen molar-refractivity contribution in [2.75, 3.05) is 7.11 Å². The molecule has 2 atom stereocenters. The average Bonchev–Trinajstić information content (AvgIpc) is 3.53. The van der Waals surface area contributed by atoms with Crippen LogP contribution in [0.3, 0.4) is 0 Å². The number of nitrogens with zero attached hydrogens (tertiary/aromatic N) is 3. The van der Waals surface area contributed by atoms with Crippen molar-refractivity contribution in [2.45, 2.75) is 25.4 Å². The van der Waals surface area contributed by atoms with E-state index in [-0.39, 0.29) is 18.1 Å². The van der Waals surface area contributed by atoms with E-state index >= 15 is 0 Å². The fraction of sp³-hybridized carbons (Fsp3) is 0.208. The van der Waals surface area contributed by atoms with Crippen molar-refractivity contribution < 1.29 is 9.53 Å². The number of H-pyrrole nitrogens is 1. The molecule has 168 valence electrons. The Bertz CT molecular complexity index is 1330. The van der Waals surface area contributed by atoms with Gasteiger partial charge < -0.3 is 20.4 Å². The first kappa shape index (κ1) is 21.0. The second kappa shape index (κ2) is 8.95. The molecule has 5 rings (SSSR count). The monoisotopic (exact) mass is 460 g/mol. The molecule has 0 bridgehead atoms. The summed E-state index contributed by atoms with van der Waals surface area (Å²) in [5.74, 6) is 1.50. The van der Waals surface area contributed by atoms with E-state index in [1.807, 2.05) is 77.6 Å². The van der Waals surface area contributed by atoms with Crippen LogP contribution in [0.25, 0.3) is 16.0 Å². The van der Waals surface area contributed by atoms with Gasteiger partial charge in [0.15, 0.2) is 4.96 Å². The topological polar surface area (TPSA) is 96.3 Å². The van der Waals surface area contributed by atoms with E-state index in [2.05, 4.69) is 20.6 Å². The number of rotatable bonds is 7. The first-order chi connectivity index (χ1) is 16.1. The minimum Gasteiger partial charge on any atom is -0.497 e. The van der Waals surface area contributed by atoms with Gasteiger partial charge in [0.05, 0.1) is 35.9 Å². The Hall–Kier alpha value is -3.85. The van der Waals surface area contributed by atoms with Crippen LogP contribution in [0.2, 0.25) is 0 Å². The predicted molar refractivity (Wildman–Crippen MR) is 129 cm³/mol. The van der Waals surface area contributed by atoms with E-state index < -0.39 is 0 Å². The van der Waals surface area contributed by atoms with Crippen molar-refractivity contribution in [3.63, 3.8) is 0 Å². The zero-order valence-corrected chi connectivity index (χ0v) is 19.1. The van der Waals surface area contributed by atoms with E-state index in [0.29, 0.717) is 12.2 Å². The zero-order valence-electron chi connectivity index (χ0n) is 18.3. The number of thiazole rings is 1. The molecule has 33 heavy (non-hydrogen) atoms. The van der Waals surface area contributed by atoms with Gasteiger partial charge in [0.25, 0.3) is 0 Å². The number of aromatic nitrogens is 4. The molecule has 2 amide bonds. The van der Waals surface area contributed by atoms with Crippen molar-refractivity contribution in [3.8, 4) is 5.75 Å². The number of urea groups is 1. The SMILES string of the molecule is COc1ccc(C[C@@H](NC(=O)NC(C)c2cn3ccsc3n2)c2nc3ccccc3[nH]2)cc1. The largest absolute Gasteiger partial charge is 0.497 e. The highest BCUT2D eigenvalue weighted by Gasteiger charge is 2.21. The molecule has 3 N–H and O–H groups in total. The number of hydrogen-bond donors (Lipinski definition) is 3. The third-order valence-corrected chi connectivity index (χ3v) is 6.32. The maximum atomic E-state index is 13.0. The minimum absolute atomic E-state index is 0.241. The second-order valence-electron chi connectivity index (χ2n) is 7.84. The molecule has 5 aromatic rings. The number of carbonyl (C=O) groups is 1. The molecule has 8 nitrogen and oxygen atoms in total. The lowest BCUT2D eigenvalue weighted by Crippen LogP contribution is -2.40. The number of aromatic amines is 1. The maximum absolute atomic E-state index is 13.0. The van der Waals surface area contributed by atoms with E-state index in [1.165, 1.54) is 0 Å². The van der Waals surface area contributed by atoms with Crippen LogP contribution in [0.5, 0.6) is 5.75 Å². The molecule has 3 heterocycles. The maximum Gasteiger partial charge on any atom is 0.315 e. The normalized spacial score (nSPS) is 13.2. The molecular formula is C24H24N6O2S. The molecule has 2 aromatic carbocycles. The van der Waals surface area contributed by atoms with Gasteiger partial charge in [-0.25, -0.2) is 14.8 Å². The van der Waals surface area contributed by atoms with Gasteiger partial charge in [-0.05, 0) is 43.2 Å². The lowest BCUT2D eigenvalue weighted by Gasteiger charge is -2.19. The number of para-hydroxylation sites is 2. The van der Waals surface area contributed by atoms with Gasteiger partial charge in [0.2, 0.25) is 0 Å². The summed E-state index contributed by atoms with van der Waals surface area (Å²) in [5, 5.41) is 8.07. The summed E-state index contributed by atoms with van der Waals surface area (Å²) in [5.41, 5.74) is 3.66. The Morgan fingerprint density at radius 2 is 1.97 bits per heavy atom. The Morgan fingerprint density at radius 1 is 1.15 bits per heavy atom. The van der Waals surface area contributed by atoms with Crippen LogP contribution in [-0.4, -0.2) is 32.5 Å². The number of methoxy groups -OCH3 is 1. The molecule has 0 saturated heterocycles. The average molecular weight is 461 g/mol. The van der Waals surface area contributed by atoms with Gasteiger partial charge >= 0.3 is 6.03 Å². The van der Waals surface area contributed by atoms with Gasteiger partial charge in [0.1, 0.15) is 11.6 Å². The molecular weight excluding hydrogens is 436 g/mol. The number of benzene rings is 2. The molecule has 0 fully saturated rings. The summed E-state index contributed by atoms with van der Waals surface area (Å²) in [4.78, 5) is 26.5. The molecule has 0 aliphatic heterocycles. The third kappa shape index (κ3) is 4.54. The van der Waals surface area contributed by atoms with Gasteiger partial charge in [0, 0.05) is 17.8 Å². The Morgan fingerprint density at radius 3 is 2.73 bits per heavy atom. The Balaban J connectivity index is 1.35. The van der Waals surface area contributed by atoms with Gasteiger partial charge in [-0.15, -0.1) is 11.3 Å². The molecule has 0 saturated carbocycles. The van der Waals surface area contributed by atoms with Gasteiger partial charge in [-0.3, -0.25) is 4.40 Å². The van der Waals surface area contributed by atoms with Crippen LogP contribution in [0, 0.1) is 0 Å². The van der Waals surface area contributed by atoms with Crippen molar-refractivity contribution in [2.24, 2.45) is 0 Å². The number of ether oxygens (including phenoxy) is 1. The summed E-state index contributed by atoms with van der Waals surface area (Å²) in [7, 11) is 1.64. The number of hydrogen-bond acceptors (Lipinski definition) is 5. The lowest BCUT2D eigenvalue weighted by molar-refractivity contribution is 0.233. The van der Waals surface area contributed by atoms with Gasteiger partial charge in [-0.1, -0.05) is 24.3 Å². The predicted octanol–water partition coefficient (Wildman–Crippen LogP) is 4.62. The lowest BCUT2D eigenvalue weighted by atomic mass is 10.1. The van der Waals surface area contributed by atoms with Crippen molar-refractivity contribution in [1.29, 1.82) is 0 Å². The number of amides is 2. The Kier molecular flexibility index (Phi) is 5.70. The summed E-state index contributed by atoms with van der Waals surface area (Å²) >= 11 is 1.56. The van der Waals surface area contributed by atoms with Crippen LogP contribution >= 0.6 is 11.3 Å². The molecule has 0 spiro atoms. The third-order valence-electron chi connectivity index (χ3n) is 5.55. The summed E-state index contributed by atoms with van der Waals surface area (Å²) < 4.78 is 7.22. The highest BCUT2D eigenvalue weighted by atomic mass is 32.1. The number of nitrogens with one attached hydrogen (secondary N) is 3. The standard InChI is InChI=1S/C24H24N6O2S/c1-15(21-14-30-11-12-33-24(30)29-21)25-23(31)28-20(13-16-7-9-17(32-2)10-8-16)22-26-18-5-3-4-6-19(18)27-22/h3-12,14-15,20H,13H2,1-2H3,(H,26,27)(H2,25,28,31)/t15?,20-/m1/s1. The fourth-order valence-corrected chi connectivity index (χ4v) is 4.48. The van der Waals surface area contributed by atoms with Crippen molar-refractivity contribution in [1.82, 2.24) is 30.0 Å². The van der Waals surface area contributed by atoms with Crippen molar-refractivity contribution in [3.05, 3.63) is 83.4 Å². The molecule has 0 aliphatic rings. The van der Waals surface area contributed by atoms with Crippen LogP contribution in [0.4, 0.5) is 4.79 Å². The highest BCUT2D eigenvalue weighted by Crippen LogP contribution is 2.22. The first-order valence-electron chi connectivity index (χ1n) is 10.7. The van der Waals surface area contributed by atoms with Crippen molar-refractivity contribution >= 4 is 33.4 Å². The molecule has 1 unspecified atom stereocenters. The van der Waals surface area contributed by atoms with Crippen LogP contribution in [-0.2, 0) is 6.42 Å². The number of fused-ring (bicyclic) bond motifs is 2. The summed E-state index contributed by atoms with van der Waals surface area (Å²) in [6.45, 7) is 1.92. The zero-order chi connectivity index (χ0) is 22.8. The van der Waals surface area contributed by atoms with Gasteiger partial charge in [-0.2, -0.15) is 0 Å². The minimum atomic E-state index is -0.344. The summed E-state index contributed by atoms with van der Waals surface area (Å²) in [6.07, 6.45) is 4.46. The highest BCUT2D eigenvalue weighted by molar-refractivity contribution is 7.15. The van der Waals surface area contributed by atoms with Crippen LogP contribution in [0.1, 0.15) is 36.1 Å². The van der Waals surface area contributed by atoms with E-state index in [9.17, 15) is 4.79 Å². The molecule has 0 aliphatic carbocycles.